The molecular weight excluding hydrogens is 259 g/mol. The third-order valence-electron chi connectivity index (χ3n) is 3.59. The molecule has 0 atom stereocenters. The number of rotatable bonds is 5. The minimum absolute atomic E-state index is 0.0991. The zero-order chi connectivity index (χ0) is 14.5. The molecule has 1 heterocycles. The highest BCUT2D eigenvalue weighted by Crippen LogP contribution is 2.33. The van der Waals surface area contributed by atoms with E-state index in [1.54, 1.807) is 18.1 Å². The van der Waals surface area contributed by atoms with Gasteiger partial charge in [-0.2, -0.15) is 0 Å². The van der Waals surface area contributed by atoms with Gasteiger partial charge in [0.1, 0.15) is 5.82 Å². The predicted molar refractivity (Wildman–Crippen MR) is 77.8 cm³/mol. The Hall–Kier alpha value is -1.62. The van der Waals surface area contributed by atoms with Crippen molar-refractivity contribution in [2.75, 3.05) is 43.7 Å². The largest absolute Gasteiger partial charge is 0.385 e. The second-order valence-electron chi connectivity index (χ2n) is 5.05. The topological polar surface area (TPSA) is 32.8 Å². The van der Waals surface area contributed by atoms with Crippen molar-refractivity contribution in [3.8, 4) is 0 Å². The molecule has 0 aliphatic carbocycles. The number of fused-ring (bicyclic) bond motifs is 1. The number of hydrogen-bond donors (Lipinski definition) is 0. The lowest BCUT2D eigenvalue weighted by molar-refractivity contribution is -0.118. The number of ether oxygens (including phenoxy) is 1. The standard InChI is InChI=1S/C15H21FN2O2/c1-17-8-9-18(15(19)5-3-4-10-20-2)13-7-6-12(16)11-14(13)17/h6-7,11H,3-5,8-10H2,1-2H3. The van der Waals surface area contributed by atoms with E-state index in [1.807, 2.05) is 11.9 Å². The van der Waals surface area contributed by atoms with Gasteiger partial charge in [-0.3, -0.25) is 4.79 Å². The molecule has 0 spiro atoms. The maximum Gasteiger partial charge on any atom is 0.227 e. The lowest BCUT2D eigenvalue weighted by Crippen LogP contribution is -2.42. The number of likely N-dealkylation sites (N-methyl/N-ethyl adjacent to an activating group) is 1. The van der Waals surface area contributed by atoms with Crippen LogP contribution in [0.5, 0.6) is 0 Å². The molecule has 1 aromatic rings. The molecule has 0 aromatic heterocycles. The molecule has 0 N–H and O–H groups in total. The summed E-state index contributed by atoms with van der Waals surface area (Å²) in [5.74, 6) is -0.174. The molecule has 1 aromatic carbocycles. The molecule has 20 heavy (non-hydrogen) atoms. The molecule has 0 radical (unpaired) electrons. The third kappa shape index (κ3) is 3.28. The normalized spacial score (nSPS) is 14.3. The van der Waals surface area contributed by atoms with Crippen molar-refractivity contribution in [2.24, 2.45) is 0 Å². The quantitative estimate of drug-likeness (QED) is 0.777. The van der Waals surface area contributed by atoms with Crippen LogP contribution in [0, 0.1) is 5.82 Å². The summed E-state index contributed by atoms with van der Waals surface area (Å²) >= 11 is 0. The number of carbonyl (C=O) groups is 1. The molecule has 0 saturated carbocycles. The van der Waals surface area contributed by atoms with Crippen molar-refractivity contribution in [1.82, 2.24) is 0 Å². The Kier molecular flexibility index (Phi) is 4.95. The highest BCUT2D eigenvalue weighted by atomic mass is 19.1. The number of halogens is 1. The summed E-state index contributed by atoms with van der Waals surface area (Å²) in [4.78, 5) is 16.0. The van der Waals surface area contributed by atoms with Crippen molar-refractivity contribution in [1.29, 1.82) is 0 Å². The Balaban J connectivity index is 2.07. The summed E-state index contributed by atoms with van der Waals surface area (Å²) in [6.07, 6.45) is 2.20. The highest BCUT2D eigenvalue weighted by Gasteiger charge is 2.24. The number of carbonyl (C=O) groups excluding carboxylic acids is 1. The van der Waals surface area contributed by atoms with E-state index in [2.05, 4.69) is 0 Å². The first-order valence-electron chi connectivity index (χ1n) is 6.93. The highest BCUT2D eigenvalue weighted by molar-refractivity contribution is 5.97. The van der Waals surface area contributed by atoms with Gasteiger partial charge >= 0.3 is 0 Å². The van der Waals surface area contributed by atoms with Crippen LogP contribution in [-0.2, 0) is 9.53 Å². The van der Waals surface area contributed by atoms with E-state index in [1.165, 1.54) is 12.1 Å². The summed E-state index contributed by atoms with van der Waals surface area (Å²) in [7, 11) is 3.58. The average Bonchev–Trinajstić information content (AvgIpc) is 2.44. The molecule has 1 aliphatic rings. The van der Waals surface area contributed by atoms with Gasteiger partial charge in [0.05, 0.1) is 11.4 Å². The lowest BCUT2D eigenvalue weighted by atomic mass is 10.1. The molecule has 0 bridgehead atoms. The minimum Gasteiger partial charge on any atom is -0.385 e. The first kappa shape index (κ1) is 14.8. The Bertz CT molecular complexity index is 479. The summed E-state index contributed by atoms with van der Waals surface area (Å²) < 4.78 is 18.3. The number of benzene rings is 1. The number of unbranched alkanes of at least 4 members (excludes halogenated alkanes) is 1. The van der Waals surface area contributed by atoms with Crippen LogP contribution < -0.4 is 9.80 Å². The van der Waals surface area contributed by atoms with Crippen molar-refractivity contribution in [3.05, 3.63) is 24.0 Å². The van der Waals surface area contributed by atoms with E-state index < -0.39 is 0 Å². The van der Waals surface area contributed by atoms with Crippen molar-refractivity contribution >= 4 is 17.3 Å². The lowest BCUT2D eigenvalue weighted by Gasteiger charge is -2.35. The molecular formula is C15H21FN2O2. The molecule has 110 valence electrons. The third-order valence-corrected chi connectivity index (χ3v) is 3.59. The zero-order valence-corrected chi connectivity index (χ0v) is 12.1. The maximum atomic E-state index is 13.3. The van der Waals surface area contributed by atoms with Gasteiger partial charge in [0.2, 0.25) is 5.91 Å². The van der Waals surface area contributed by atoms with Gasteiger partial charge in [0.15, 0.2) is 0 Å². The Morgan fingerprint density at radius 3 is 2.85 bits per heavy atom. The van der Waals surface area contributed by atoms with Gasteiger partial charge in [-0.25, -0.2) is 4.39 Å². The maximum absolute atomic E-state index is 13.3. The SMILES string of the molecule is COCCCCC(=O)N1CCN(C)c2cc(F)ccc21. The van der Waals surface area contributed by atoms with E-state index in [0.29, 0.717) is 19.6 Å². The Morgan fingerprint density at radius 2 is 2.10 bits per heavy atom. The molecule has 0 unspecified atom stereocenters. The summed E-state index contributed by atoms with van der Waals surface area (Å²) in [5.41, 5.74) is 1.58. The Labute approximate surface area is 119 Å². The number of amides is 1. The van der Waals surface area contributed by atoms with Gasteiger partial charge in [0, 0.05) is 40.3 Å². The molecule has 0 saturated heterocycles. The van der Waals surface area contributed by atoms with Crippen molar-refractivity contribution in [3.63, 3.8) is 0 Å². The second kappa shape index (κ2) is 6.70. The fraction of sp³-hybridized carbons (Fsp3) is 0.533. The van der Waals surface area contributed by atoms with Crippen LogP contribution in [0.4, 0.5) is 15.8 Å². The van der Waals surface area contributed by atoms with Crippen molar-refractivity contribution in [2.45, 2.75) is 19.3 Å². The molecule has 0 fully saturated rings. The van der Waals surface area contributed by atoms with Crippen LogP contribution in [0.15, 0.2) is 18.2 Å². The molecule has 1 aliphatic heterocycles. The second-order valence-corrected chi connectivity index (χ2v) is 5.05. The zero-order valence-electron chi connectivity index (χ0n) is 12.1. The van der Waals surface area contributed by atoms with E-state index in [4.69, 9.17) is 4.74 Å². The van der Waals surface area contributed by atoms with E-state index in [-0.39, 0.29) is 11.7 Å². The molecule has 4 nitrogen and oxygen atoms in total. The fourth-order valence-corrected chi connectivity index (χ4v) is 2.44. The molecule has 1 amide bonds. The van der Waals surface area contributed by atoms with Gasteiger partial charge in [0.25, 0.3) is 0 Å². The predicted octanol–water partition coefficient (Wildman–Crippen LogP) is 2.43. The fourth-order valence-electron chi connectivity index (χ4n) is 2.44. The first-order chi connectivity index (χ1) is 9.63. The summed E-state index contributed by atoms with van der Waals surface area (Å²) in [6.45, 7) is 2.05. The average molecular weight is 280 g/mol. The number of hydrogen-bond acceptors (Lipinski definition) is 3. The van der Waals surface area contributed by atoms with Crippen molar-refractivity contribution < 1.29 is 13.9 Å². The van der Waals surface area contributed by atoms with E-state index in [9.17, 15) is 9.18 Å². The number of anilines is 2. The molecule has 2 rings (SSSR count). The monoisotopic (exact) mass is 280 g/mol. The first-order valence-corrected chi connectivity index (χ1v) is 6.93. The van der Waals surface area contributed by atoms with Gasteiger partial charge < -0.3 is 14.5 Å². The van der Waals surface area contributed by atoms with Gasteiger partial charge in [-0.15, -0.1) is 0 Å². The Morgan fingerprint density at radius 1 is 1.30 bits per heavy atom. The summed E-state index contributed by atoms with van der Waals surface area (Å²) in [6, 6.07) is 4.58. The van der Waals surface area contributed by atoms with E-state index in [0.717, 1.165) is 30.8 Å². The van der Waals surface area contributed by atoms with Crippen LogP contribution >= 0.6 is 0 Å². The molecule has 5 heteroatoms. The van der Waals surface area contributed by atoms with Gasteiger partial charge in [-0.1, -0.05) is 0 Å². The minimum atomic E-state index is -0.273. The van der Waals surface area contributed by atoms with Crippen LogP contribution in [-0.4, -0.2) is 39.8 Å². The summed E-state index contributed by atoms with van der Waals surface area (Å²) in [5, 5.41) is 0. The number of nitrogens with zero attached hydrogens (tertiary/aromatic N) is 2. The number of methoxy groups -OCH3 is 1. The van der Waals surface area contributed by atoms with E-state index >= 15 is 0 Å². The van der Waals surface area contributed by atoms with Crippen LogP contribution in [0.1, 0.15) is 19.3 Å². The van der Waals surface area contributed by atoms with Crippen LogP contribution in [0.25, 0.3) is 0 Å². The smallest absolute Gasteiger partial charge is 0.227 e. The van der Waals surface area contributed by atoms with Crippen LogP contribution in [0.3, 0.4) is 0 Å². The van der Waals surface area contributed by atoms with Gasteiger partial charge in [-0.05, 0) is 31.0 Å². The van der Waals surface area contributed by atoms with Crippen LogP contribution in [0.2, 0.25) is 0 Å².